The SMILES string of the molecule is CCOc1ccccc1C(=O)N1CCCC1c1ncc2c(n1)CCNC2.Cl. The fourth-order valence-corrected chi connectivity index (χ4v) is 3.77. The van der Waals surface area contributed by atoms with E-state index in [1.807, 2.05) is 42.3 Å². The van der Waals surface area contributed by atoms with E-state index in [0.29, 0.717) is 17.9 Å². The molecule has 1 saturated heterocycles. The number of carbonyl (C=O) groups excluding carboxylic acids is 1. The van der Waals surface area contributed by atoms with Gasteiger partial charge in [-0.05, 0) is 31.9 Å². The number of nitrogens with one attached hydrogen (secondary N) is 1. The second-order valence-electron chi connectivity index (χ2n) is 6.71. The minimum Gasteiger partial charge on any atom is -0.493 e. The summed E-state index contributed by atoms with van der Waals surface area (Å²) in [6.45, 7) is 4.96. The van der Waals surface area contributed by atoms with Crippen LogP contribution < -0.4 is 10.1 Å². The van der Waals surface area contributed by atoms with E-state index in [2.05, 4.69) is 10.3 Å². The lowest BCUT2D eigenvalue weighted by molar-refractivity contribution is 0.0725. The van der Waals surface area contributed by atoms with Crippen molar-refractivity contribution in [2.75, 3.05) is 19.7 Å². The topological polar surface area (TPSA) is 67.3 Å². The molecule has 1 atom stereocenters. The molecule has 0 radical (unpaired) electrons. The summed E-state index contributed by atoms with van der Waals surface area (Å²) in [7, 11) is 0. The Balaban J connectivity index is 0.00000210. The van der Waals surface area contributed by atoms with Crippen LogP contribution in [-0.4, -0.2) is 40.5 Å². The van der Waals surface area contributed by atoms with E-state index in [1.165, 1.54) is 0 Å². The zero-order valence-electron chi connectivity index (χ0n) is 15.5. The molecule has 7 heteroatoms. The molecular weight excluding hydrogens is 364 g/mol. The van der Waals surface area contributed by atoms with Gasteiger partial charge in [0.2, 0.25) is 0 Å². The molecule has 144 valence electrons. The van der Waals surface area contributed by atoms with Gasteiger partial charge in [0.15, 0.2) is 5.82 Å². The number of likely N-dealkylation sites (tertiary alicyclic amines) is 1. The first-order valence-electron chi connectivity index (χ1n) is 9.36. The highest BCUT2D eigenvalue weighted by atomic mass is 35.5. The maximum Gasteiger partial charge on any atom is 0.258 e. The second-order valence-corrected chi connectivity index (χ2v) is 6.71. The lowest BCUT2D eigenvalue weighted by atomic mass is 10.1. The standard InChI is InChI=1S/C20H24N4O2.ClH/c1-2-26-18-8-4-3-6-15(18)20(25)24-11-5-7-17(24)19-22-13-14-12-21-10-9-16(14)23-19;/h3-4,6,8,13,17,21H,2,5,7,9-12H2,1H3;1H. The van der Waals surface area contributed by atoms with Crippen molar-refractivity contribution in [3.05, 3.63) is 53.1 Å². The molecule has 0 bridgehead atoms. The molecule has 27 heavy (non-hydrogen) atoms. The van der Waals surface area contributed by atoms with Crippen molar-refractivity contribution in [3.63, 3.8) is 0 Å². The second kappa shape index (κ2) is 8.67. The van der Waals surface area contributed by atoms with Crippen LogP contribution in [-0.2, 0) is 13.0 Å². The number of rotatable bonds is 4. The van der Waals surface area contributed by atoms with E-state index in [9.17, 15) is 4.79 Å². The molecule has 3 heterocycles. The first-order valence-corrected chi connectivity index (χ1v) is 9.36. The maximum absolute atomic E-state index is 13.2. The zero-order valence-corrected chi connectivity index (χ0v) is 16.3. The zero-order chi connectivity index (χ0) is 17.9. The number of halogens is 1. The third-order valence-electron chi connectivity index (χ3n) is 5.06. The van der Waals surface area contributed by atoms with E-state index in [4.69, 9.17) is 9.72 Å². The van der Waals surface area contributed by atoms with Gasteiger partial charge in [-0.3, -0.25) is 4.79 Å². The average Bonchev–Trinajstić information content (AvgIpc) is 3.17. The number of benzene rings is 1. The van der Waals surface area contributed by atoms with Crippen molar-refractivity contribution in [3.8, 4) is 5.75 Å². The van der Waals surface area contributed by atoms with Gasteiger partial charge in [-0.25, -0.2) is 9.97 Å². The van der Waals surface area contributed by atoms with E-state index < -0.39 is 0 Å². The molecule has 1 amide bonds. The number of carbonyl (C=O) groups is 1. The quantitative estimate of drug-likeness (QED) is 0.872. The molecule has 0 saturated carbocycles. The van der Waals surface area contributed by atoms with Crippen molar-refractivity contribution in [2.45, 2.75) is 38.8 Å². The fourth-order valence-electron chi connectivity index (χ4n) is 3.77. The number of fused-ring (bicyclic) bond motifs is 1. The smallest absolute Gasteiger partial charge is 0.258 e. The van der Waals surface area contributed by atoms with Gasteiger partial charge >= 0.3 is 0 Å². The lowest BCUT2D eigenvalue weighted by Gasteiger charge is -2.26. The number of hydrogen-bond donors (Lipinski definition) is 1. The molecule has 2 aromatic rings. The number of ether oxygens (including phenoxy) is 1. The van der Waals surface area contributed by atoms with Gasteiger partial charge in [0.1, 0.15) is 5.75 Å². The number of para-hydroxylation sites is 1. The van der Waals surface area contributed by atoms with Crippen LogP contribution in [0.2, 0.25) is 0 Å². The summed E-state index contributed by atoms with van der Waals surface area (Å²) in [5.41, 5.74) is 2.89. The highest BCUT2D eigenvalue weighted by Crippen LogP contribution is 2.33. The van der Waals surface area contributed by atoms with Gasteiger partial charge in [0.05, 0.1) is 18.2 Å². The summed E-state index contributed by atoms with van der Waals surface area (Å²) in [4.78, 5) is 24.5. The first-order chi connectivity index (χ1) is 12.8. The average molecular weight is 389 g/mol. The maximum atomic E-state index is 13.2. The van der Waals surface area contributed by atoms with E-state index in [1.54, 1.807) is 0 Å². The summed E-state index contributed by atoms with van der Waals surface area (Å²) >= 11 is 0. The van der Waals surface area contributed by atoms with Crippen molar-refractivity contribution in [1.82, 2.24) is 20.2 Å². The Kier molecular flexibility index (Phi) is 6.29. The minimum atomic E-state index is -0.0580. The largest absolute Gasteiger partial charge is 0.493 e. The Hall–Kier alpha value is -2.18. The van der Waals surface area contributed by atoms with E-state index >= 15 is 0 Å². The van der Waals surface area contributed by atoms with Crippen molar-refractivity contribution < 1.29 is 9.53 Å². The molecule has 4 rings (SSSR count). The number of nitrogens with zero attached hydrogens (tertiary/aromatic N) is 3. The Morgan fingerprint density at radius 1 is 1.37 bits per heavy atom. The number of aromatic nitrogens is 2. The predicted molar refractivity (Wildman–Crippen MR) is 105 cm³/mol. The van der Waals surface area contributed by atoms with Gasteiger partial charge in [-0.1, -0.05) is 12.1 Å². The Morgan fingerprint density at radius 3 is 3.07 bits per heavy atom. The molecule has 6 nitrogen and oxygen atoms in total. The van der Waals surface area contributed by atoms with Crippen molar-refractivity contribution in [1.29, 1.82) is 0 Å². The van der Waals surface area contributed by atoms with Gasteiger partial charge < -0.3 is 15.0 Å². The van der Waals surface area contributed by atoms with Gasteiger partial charge in [0.25, 0.3) is 5.91 Å². The molecule has 1 unspecified atom stereocenters. The highest BCUT2D eigenvalue weighted by Gasteiger charge is 2.34. The Morgan fingerprint density at radius 2 is 2.22 bits per heavy atom. The Bertz CT molecular complexity index is 814. The Labute approximate surface area is 165 Å². The summed E-state index contributed by atoms with van der Waals surface area (Å²) in [5, 5.41) is 3.34. The summed E-state index contributed by atoms with van der Waals surface area (Å²) in [6.07, 6.45) is 4.70. The monoisotopic (exact) mass is 388 g/mol. The van der Waals surface area contributed by atoms with Gasteiger partial charge in [0, 0.05) is 43.5 Å². The van der Waals surface area contributed by atoms with Gasteiger partial charge in [-0.2, -0.15) is 0 Å². The van der Waals surface area contributed by atoms with Crippen LogP contribution >= 0.6 is 12.4 Å². The first kappa shape index (κ1) is 19.6. The highest BCUT2D eigenvalue weighted by molar-refractivity contribution is 5.97. The summed E-state index contributed by atoms with van der Waals surface area (Å²) in [6, 6.07) is 7.40. The summed E-state index contributed by atoms with van der Waals surface area (Å²) < 4.78 is 5.65. The van der Waals surface area contributed by atoms with Crippen LogP contribution in [0.15, 0.2) is 30.5 Å². The van der Waals surface area contributed by atoms with Crippen LogP contribution in [0.25, 0.3) is 0 Å². The normalized spacial score (nSPS) is 18.6. The molecule has 2 aliphatic rings. The number of hydrogen-bond acceptors (Lipinski definition) is 5. The summed E-state index contributed by atoms with van der Waals surface area (Å²) in [5.74, 6) is 1.41. The van der Waals surface area contributed by atoms with Crippen LogP contribution in [0, 0.1) is 0 Å². The minimum absolute atomic E-state index is 0. The van der Waals surface area contributed by atoms with E-state index in [0.717, 1.165) is 56.0 Å². The lowest BCUT2D eigenvalue weighted by Crippen LogP contribution is -2.32. The molecule has 1 aromatic carbocycles. The van der Waals surface area contributed by atoms with Crippen LogP contribution in [0.5, 0.6) is 5.75 Å². The molecule has 0 spiro atoms. The predicted octanol–water partition coefficient (Wildman–Crippen LogP) is 2.92. The molecular formula is C20H25ClN4O2. The van der Waals surface area contributed by atoms with Crippen molar-refractivity contribution >= 4 is 18.3 Å². The van der Waals surface area contributed by atoms with Crippen LogP contribution in [0.4, 0.5) is 0 Å². The molecule has 1 fully saturated rings. The van der Waals surface area contributed by atoms with Crippen molar-refractivity contribution in [2.24, 2.45) is 0 Å². The van der Waals surface area contributed by atoms with Crippen LogP contribution in [0.3, 0.4) is 0 Å². The molecule has 0 aliphatic carbocycles. The third kappa shape index (κ3) is 3.92. The third-order valence-corrected chi connectivity index (χ3v) is 5.06. The molecule has 1 aromatic heterocycles. The fraction of sp³-hybridized carbons (Fsp3) is 0.450. The molecule has 2 aliphatic heterocycles. The van der Waals surface area contributed by atoms with E-state index in [-0.39, 0.29) is 24.4 Å². The van der Waals surface area contributed by atoms with Crippen LogP contribution in [0.1, 0.15) is 53.2 Å². The van der Waals surface area contributed by atoms with Gasteiger partial charge in [-0.15, -0.1) is 12.4 Å². The molecule has 1 N–H and O–H groups in total. The number of amides is 1.